The van der Waals surface area contributed by atoms with Crippen LogP contribution in [0.4, 0.5) is 13.2 Å². The number of hydrogen-bond donors (Lipinski definition) is 2. The van der Waals surface area contributed by atoms with Crippen LogP contribution in [0.1, 0.15) is 95.6 Å². The first kappa shape index (κ1) is 26.3. The lowest BCUT2D eigenvalue weighted by Gasteiger charge is -2.30. The first-order valence-corrected chi connectivity index (χ1v) is 14.4. The fraction of sp³-hybridized carbons (Fsp3) is 0.483. The van der Waals surface area contributed by atoms with Crippen molar-refractivity contribution < 1.29 is 23.1 Å². The summed E-state index contributed by atoms with van der Waals surface area (Å²) in [7, 11) is 0. The SMILES string of the molecule is O=C(C(O)c1cccc(C(F)(F)F)c1)N1CCc2nc(C3(c4cc(C5CCCCC5)cs4)CC3)[nH]c(=O)c2C1. The number of aromatic amines is 1. The van der Waals surface area contributed by atoms with E-state index in [0.29, 0.717) is 29.4 Å². The van der Waals surface area contributed by atoms with Crippen LogP contribution >= 0.6 is 11.3 Å². The van der Waals surface area contributed by atoms with Crippen LogP contribution in [0.2, 0.25) is 0 Å². The van der Waals surface area contributed by atoms with Gasteiger partial charge in [-0.25, -0.2) is 4.98 Å². The number of hydrogen-bond acceptors (Lipinski definition) is 5. The average molecular weight is 558 g/mol. The first-order chi connectivity index (χ1) is 18.7. The van der Waals surface area contributed by atoms with Crippen molar-refractivity contribution in [1.29, 1.82) is 0 Å². The zero-order valence-electron chi connectivity index (χ0n) is 21.4. The Balaban J connectivity index is 1.20. The third-order valence-corrected chi connectivity index (χ3v) is 9.67. The maximum atomic E-state index is 13.2. The molecule has 206 valence electrons. The minimum atomic E-state index is -4.58. The van der Waals surface area contributed by atoms with E-state index in [9.17, 15) is 27.9 Å². The molecule has 2 aliphatic carbocycles. The Morgan fingerprint density at radius 2 is 1.95 bits per heavy atom. The summed E-state index contributed by atoms with van der Waals surface area (Å²) in [6.07, 6.45) is 2.16. The van der Waals surface area contributed by atoms with E-state index in [1.54, 1.807) is 11.3 Å². The van der Waals surface area contributed by atoms with Crippen LogP contribution in [0.25, 0.3) is 0 Å². The molecule has 3 heterocycles. The third kappa shape index (κ3) is 4.93. The van der Waals surface area contributed by atoms with Crippen LogP contribution in [0.5, 0.6) is 0 Å². The summed E-state index contributed by atoms with van der Waals surface area (Å²) in [5.74, 6) is 0.549. The number of halogens is 3. The number of benzene rings is 1. The molecule has 1 unspecified atom stereocenters. The largest absolute Gasteiger partial charge is 0.416 e. The van der Waals surface area contributed by atoms with Crippen LogP contribution in [0.3, 0.4) is 0 Å². The average Bonchev–Trinajstić information content (AvgIpc) is 3.61. The van der Waals surface area contributed by atoms with Gasteiger partial charge < -0.3 is 15.0 Å². The number of aliphatic hydroxyl groups excluding tert-OH is 1. The zero-order chi connectivity index (χ0) is 27.4. The molecule has 0 spiro atoms. The van der Waals surface area contributed by atoms with Crippen LogP contribution < -0.4 is 5.56 Å². The van der Waals surface area contributed by atoms with Crippen molar-refractivity contribution in [2.24, 2.45) is 0 Å². The van der Waals surface area contributed by atoms with E-state index in [1.165, 1.54) is 53.5 Å². The number of nitrogens with one attached hydrogen (secondary N) is 1. The summed E-state index contributed by atoms with van der Waals surface area (Å²) >= 11 is 1.75. The third-order valence-electron chi connectivity index (χ3n) is 8.52. The molecule has 1 atom stereocenters. The summed E-state index contributed by atoms with van der Waals surface area (Å²) in [6, 6.07) is 6.43. The monoisotopic (exact) mass is 557 g/mol. The van der Waals surface area contributed by atoms with E-state index in [2.05, 4.69) is 16.4 Å². The lowest BCUT2D eigenvalue weighted by Crippen LogP contribution is -2.42. The minimum absolute atomic E-state index is 0.0510. The van der Waals surface area contributed by atoms with Crippen molar-refractivity contribution >= 4 is 17.2 Å². The van der Waals surface area contributed by atoms with Crippen molar-refractivity contribution in [3.05, 3.63) is 84.7 Å². The second-order valence-electron chi connectivity index (χ2n) is 11.0. The first-order valence-electron chi connectivity index (χ1n) is 13.5. The number of amides is 1. The van der Waals surface area contributed by atoms with Gasteiger partial charge in [-0.15, -0.1) is 11.3 Å². The predicted octanol–water partition coefficient (Wildman–Crippen LogP) is 5.60. The van der Waals surface area contributed by atoms with Gasteiger partial charge in [-0.05, 0) is 66.3 Å². The standard InChI is InChI=1S/C29H30F3N3O3S/c30-29(31,32)20-8-4-7-18(13-20)24(36)26(38)35-12-9-22-21(15-35)25(37)34-27(33-22)28(10-11-28)23-14-19(16-39-23)17-5-2-1-3-6-17/h4,7-8,13-14,16-17,24,36H,1-3,5-6,9-12,15H2,(H,33,34,37). The van der Waals surface area contributed by atoms with E-state index in [4.69, 9.17) is 4.98 Å². The summed E-state index contributed by atoms with van der Waals surface area (Å²) in [5, 5.41) is 12.8. The fourth-order valence-corrected chi connectivity index (χ4v) is 7.27. The number of thiophene rings is 1. The van der Waals surface area contributed by atoms with Gasteiger partial charge in [-0.2, -0.15) is 13.2 Å². The molecular formula is C29H30F3N3O3S. The van der Waals surface area contributed by atoms with Crippen LogP contribution in [-0.4, -0.2) is 32.4 Å². The van der Waals surface area contributed by atoms with Gasteiger partial charge >= 0.3 is 6.18 Å². The molecule has 10 heteroatoms. The molecule has 3 aliphatic rings. The van der Waals surface area contributed by atoms with Gasteiger partial charge in [0, 0.05) is 17.8 Å². The van der Waals surface area contributed by atoms with Crippen molar-refractivity contribution in [3.8, 4) is 0 Å². The number of H-pyrrole nitrogens is 1. The second-order valence-corrected chi connectivity index (χ2v) is 11.9. The van der Waals surface area contributed by atoms with E-state index in [0.717, 1.165) is 31.0 Å². The fourth-order valence-electron chi connectivity index (χ4n) is 6.02. The molecule has 6 nitrogen and oxygen atoms in total. The number of nitrogens with zero attached hydrogens (tertiary/aromatic N) is 2. The summed E-state index contributed by atoms with van der Waals surface area (Å²) in [4.78, 5) is 36.6. The molecule has 2 N–H and O–H groups in total. The number of carbonyl (C=O) groups is 1. The lowest BCUT2D eigenvalue weighted by molar-refractivity contribution is -0.142. The Labute approximate surface area is 227 Å². The summed E-state index contributed by atoms with van der Waals surface area (Å²) in [5.41, 5.74) is 0.752. The van der Waals surface area contributed by atoms with Gasteiger partial charge in [0.25, 0.3) is 11.5 Å². The number of aromatic nitrogens is 2. The van der Waals surface area contributed by atoms with Gasteiger partial charge in [-0.1, -0.05) is 31.4 Å². The Bertz CT molecular complexity index is 1450. The van der Waals surface area contributed by atoms with Crippen molar-refractivity contribution in [2.75, 3.05) is 6.54 Å². The van der Waals surface area contributed by atoms with Crippen molar-refractivity contribution in [1.82, 2.24) is 14.9 Å². The van der Waals surface area contributed by atoms with Crippen LogP contribution in [0.15, 0.2) is 40.5 Å². The van der Waals surface area contributed by atoms with Gasteiger partial charge in [0.05, 0.1) is 28.8 Å². The highest BCUT2D eigenvalue weighted by molar-refractivity contribution is 7.10. The minimum Gasteiger partial charge on any atom is -0.378 e. The van der Waals surface area contributed by atoms with Gasteiger partial charge in [0.2, 0.25) is 0 Å². The van der Waals surface area contributed by atoms with E-state index < -0.39 is 23.8 Å². The highest BCUT2D eigenvalue weighted by atomic mass is 32.1. The molecule has 39 heavy (non-hydrogen) atoms. The molecule has 0 radical (unpaired) electrons. The Hall–Kier alpha value is -2.98. The summed E-state index contributed by atoms with van der Waals surface area (Å²) in [6.45, 7) is 0.167. The van der Waals surface area contributed by atoms with Crippen molar-refractivity contribution in [3.63, 3.8) is 0 Å². The number of aliphatic hydroxyl groups is 1. The smallest absolute Gasteiger partial charge is 0.378 e. The molecule has 2 aromatic heterocycles. The molecule has 6 rings (SSSR count). The Morgan fingerprint density at radius 1 is 1.18 bits per heavy atom. The van der Waals surface area contributed by atoms with Crippen LogP contribution in [-0.2, 0) is 29.4 Å². The van der Waals surface area contributed by atoms with Gasteiger partial charge in [0.1, 0.15) is 5.82 Å². The number of alkyl halides is 3. The zero-order valence-corrected chi connectivity index (χ0v) is 22.2. The predicted molar refractivity (Wildman–Crippen MR) is 141 cm³/mol. The maximum Gasteiger partial charge on any atom is 0.416 e. The molecule has 1 aromatic carbocycles. The number of carbonyl (C=O) groups excluding carboxylic acids is 1. The van der Waals surface area contributed by atoms with Gasteiger partial charge in [0.15, 0.2) is 6.10 Å². The van der Waals surface area contributed by atoms with E-state index >= 15 is 0 Å². The number of fused-ring (bicyclic) bond motifs is 1. The Kier molecular flexibility index (Phi) is 6.66. The maximum absolute atomic E-state index is 13.2. The number of rotatable bonds is 5. The lowest BCUT2D eigenvalue weighted by atomic mass is 9.85. The van der Waals surface area contributed by atoms with Crippen molar-refractivity contribution in [2.45, 2.75) is 81.5 Å². The summed E-state index contributed by atoms with van der Waals surface area (Å²) < 4.78 is 39.3. The molecule has 0 saturated heterocycles. The highest BCUT2D eigenvalue weighted by Crippen LogP contribution is 2.54. The molecule has 1 amide bonds. The molecule has 0 bridgehead atoms. The molecule has 1 aliphatic heterocycles. The van der Waals surface area contributed by atoms with E-state index in [-0.39, 0.29) is 29.6 Å². The van der Waals surface area contributed by atoms with Crippen LogP contribution in [0, 0.1) is 0 Å². The van der Waals surface area contributed by atoms with Gasteiger partial charge in [-0.3, -0.25) is 9.59 Å². The molecule has 2 saturated carbocycles. The van der Waals surface area contributed by atoms with E-state index in [1.807, 2.05) is 0 Å². The topological polar surface area (TPSA) is 86.3 Å². The molecular weight excluding hydrogens is 527 g/mol. The normalized spacial score (nSPS) is 19.9. The highest BCUT2D eigenvalue weighted by Gasteiger charge is 2.50. The molecule has 3 aromatic rings. The Morgan fingerprint density at radius 3 is 2.67 bits per heavy atom. The molecule has 2 fully saturated rings. The second kappa shape index (κ2) is 9.89. The quantitative estimate of drug-likeness (QED) is 0.428.